The van der Waals surface area contributed by atoms with Gasteiger partial charge in [-0.25, -0.2) is 18.0 Å². The summed E-state index contributed by atoms with van der Waals surface area (Å²) in [5.41, 5.74) is 0.613. The summed E-state index contributed by atoms with van der Waals surface area (Å²) in [6.45, 7) is 2.43. The Kier molecular flexibility index (Phi) is 8.30. The molecular formula is C20H25F3N4O5S. The minimum Gasteiger partial charge on any atom is -0.456 e. The Morgan fingerprint density at radius 3 is 2.58 bits per heavy atom. The summed E-state index contributed by atoms with van der Waals surface area (Å²) in [5.74, 6) is -1.39. The van der Waals surface area contributed by atoms with E-state index in [9.17, 15) is 27.6 Å². The molecule has 2 saturated heterocycles. The van der Waals surface area contributed by atoms with E-state index in [1.807, 2.05) is 0 Å². The molecular weight excluding hydrogens is 465 g/mol. The minimum atomic E-state index is -2.67. The second kappa shape index (κ2) is 11.0. The number of hydrogen-bond acceptors (Lipinski definition) is 8. The number of hydrogen-bond donors (Lipinski definition) is 2. The number of rotatable bonds is 8. The molecule has 33 heavy (non-hydrogen) atoms. The molecule has 1 unspecified atom stereocenters. The molecule has 0 bridgehead atoms. The van der Waals surface area contributed by atoms with E-state index < -0.39 is 35.8 Å². The molecule has 1 N–H and O–H groups in total. The van der Waals surface area contributed by atoms with Gasteiger partial charge in [0.2, 0.25) is 0 Å². The van der Waals surface area contributed by atoms with E-state index in [0.717, 1.165) is 0 Å². The highest BCUT2D eigenvalue weighted by Crippen LogP contribution is 2.28. The molecule has 0 spiro atoms. The van der Waals surface area contributed by atoms with Crippen molar-refractivity contribution < 1.29 is 37.0 Å². The number of anilines is 2. The Bertz CT molecular complexity index is 885. The largest absolute Gasteiger partial charge is 0.456 e. The molecule has 2 fully saturated rings. The number of nitrogens with zero attached hydrogens (tertiary/aromatic N) is 3. The van der Waals surface area contributed by atoms with Crippen LogP contribution in [-0.4, -0.2) is 86.6 Å². The maximum Gasteiger partial charge on any atom is 0.414 e. The van der Waals surface area contributed by atoms with Crippen LogP contribution in [0, 0.1) is 5.82 Å². The van der Waals surface area contributed by atoms with Crippen molar-refractivity contribution in [1.82, 2.24) is 10.2 Å². The van der Waals surface area contributed by atoms with Crippen LogP contribution < -0.4 is 15.1 Å². The van der Waals surface area contributed by atoms with Crippen LogP contribution >= 0.6 is 12.6 Å². The third-order valence-electron chi connectivity index (χ3n) is 5.28. The molecule has 0 radical (unpaired) electrons. The molecule has 182 valence electrons. The maximum absolute atomic E-state index is 14.9. The summed E-state index contributed by atoms with van der Waals surface area (Å²) < 4.78 is 49.8. The maximum atomic E-state index is 14.9. The third kappa shape index (κ3) is 6.44. The average molecular weight is 491 g/mol. The molecule has 1 aromatic rings. The predicted molar refractivity (Wildman–Crippen MR) is 116 cm³/mol. The first kappa shape index (κ1) is 25.0. The van der Waals surface area contributed by atoms with Gasteiger partial charge in [0.1, 0.15) is 17.3 Å². The fourth-order valence-corrected chi connectivity index (χ4v) is 3.66. The first-order valence-corrected chi connectivity index (χ1v) is 10.8. The van der Waals surface area contributed by atoms with E-state index in [4.69, 9.17) is 9.47 Å². The van der Waals surface area contributed by atoms with Crippen LogP contribution in [0.2, 0.25) is 0 Å². The minimum absolute atomic E-state index is 0.0121. The first-order valence-electron chi connectivity index (χ1n) is 10.3. The van der Waals surface area contributed by atoms with Crippen molar-refractivity contribution in [3.8, 4) is 0 Å². The molecule has 2 aliphatic rings. The quantitative estimate of drug-likeness (QED) is 0.324. The van der Waals surface area contributed by atoms with Crippen molar-refractivity contribution in [1.29, 1.82) is 0 Å². The topological polar surface area (TPSA) is 91.4 Å². The lowest BCUT2D eigenvalue weighted by Crippen LogP contribution is -2.50. The van der Waals surface area contributed by atoms with Gasteiger partial charge in [-0.1, -0.05) is 0 Å². The van der Waals surface area contributed by atoms with Gasteiger partial charge in [0.05, 0.1) is 17.9 Å². The molecule has 2 amide bonds. The van der Waals surface area contributed by atoms with Gasteiger partial charge in [0.25, 0.3) is 12.3 Å². The lowest BCUT2D eigenvalue weighted by molar-refractivity contribution is -0.150. The number of esters is 1. The van der Waals surface area contributed by atoms with Gasteiger partial charge in [-0.15, -0.1) is 0 Å². The second-order valence-electron chi connectivity index (χ2n) is 7.59. The number of thiol groups is 1. The number of ether oxygens (including phenoxy) is 2. The van der Waals surface area contributed by atoms with Gasteiger partial charge in [0, 0.05) is 39.6 Å². The van der Waals surface area contributed by atoms with Crippen LogP contribution in [0.25, 0.3) is 0 Å². The molecule has 13 heteroatoms. The number of nitrogens with one attached hydrogen (secondary N) is 1. The molecule has 2 heterocycles. The highest BCUT2D eigenvalue weighted by molar-refractivity contribution is 7.80. The SMILES string of the molecule is CC(=O)OCC(=O)N1CCN(c2ccc(N3C[C@@H](CNC(S)C(F)F)OC3=O)cc2F)CC1. The highest BCUT2D eigenvalue weighted by Gasteiger charge is 2.33. The number of halogens is 3. The number of piperazine rings is 1. The van der Waals surface area contributed by atoms with E-state index in [2.05, 4.69) is 17.9 Å². The lowest BCUT2D eigenvalue weighted by atomic mass is 10.2. The molecule has 0 aromatic heterocycles. The monoisotopic (exact) mass is 490 g/mol. The fourth-order valence-electron chi connectivity index (χ4n) is 3.55. The van der Waals surface area contributed by atoms with Crippen molar-refractivity contribution in [2.45, 2.75) is 24.8 Å². The number of benzene rings is 1. The van der Waals surface area contributed by atoms with Crippen LogP contribution in [0.3, 0.4) is 0 Å². The van der Waals surface area contributed by atoms with Crippen molar-refractivity contribution in [3.05, 3.63) is 24.0 Å². The fraction of sp³-hybridized carbons (Fsp3) is 0.550. The number of carbonyl (C=O) groups excluding carboxylic acids is 3. The molecule has 2 atom stereocenters. The van der Waals surface area contributed by atoms with E-state index in [1.165, 1.54) is 17.9 Å². The van der Waals surface area contributed by atoms with Crippen LogP contribution in [0.4, 0.5) is 29.3 Å². The normalized spacial score (nSPS) is 19.6. The smallest absolute Gasteiger partial charge is 0.414 e. The van der Waals surface area contributed by atoms with E-state index in [1.54, 1.807) is 21.9 Å². The van der Waals surface area contributed by atoms with Crippen molar-refractivity contribution in [2.24, 2.45) is 0 Å². The first-order chi connectivity index (χ1) is 15.7. The zero-order chi connectivity index (χ0) is 24.1. The van der Waals surface area contributed by atoms with Gasteiger partial charge in [-0.2, -0.15) is 12.6 Å². The Labute approximate surface area is 194 Å². The summed E-state index contributed by atoms with van der Waals surface area (Å²) in [6, 6.07) is 4.33. The Morgan fingerprint density at radius 2 is 1.97 bits per heavy atom. The summed E-state index contributed by atoms with van der Waals surface area (Å²) >= 11 is 3.71. The molecule has 0 saturated carbocycles. The summed E-state index contributed by atoms with van der Waals surface area (Å²) in [7, 11) is 0. The number of carbonyl (C=O) groups is 3. The van der Waals surface area contributed by atoms with Gasteiger partial charge in [-0.05, 0) is 18.2 Å². The summed E-state index contributed by atoms with van der Waals surface area (Å²) in [4.78, 5) is 39.6. The Hall–Kier alpha value is -2.67. The summed E-state index contributed by atoms with van der Waals surface area (Å²) in [6.07, 6.45) is -4.04. The van der Waals surface area contributed by atoms with Crippen LogP contribution in [0.1, 0.15) is 6.92 Å². The van der Waals surface area contributed by atoms with Crippen molar-refractivity contribution >= 4 is 42.0 Å². The van der Waals surface area contributed by atoms with Crippen LogP contribution in [-0.2, 0) is 19.1 Å². The molecule has 0 aliphatic carbocycles. The van der Waals surface area contributed by atoms with E-state index in [-0.39, 0.29) is 31.3 Å². The van der Waals surface area contributed by atoms with Crippen LogP contribution in [0.5, 0.6) is 0 Å². The van der Waals surface area contributed by atoms with E-state index in [0.29, 0.717) is 31.9 Å². The van der Waals surface area contributed by atoms with Crippen molar-refractivity contribution in [2.75, 3.05) is 55.7 Å². The van der Waals surface area contributed by atoms with Gasteiger partial charge < -0.3 is 19.3 Å². The predicted octanol–water partition coefficient (Wildman–Crippen LogP) is 1.47. The van der Waals surface area contributed by atoms with Crippen molar-refractivity contribution in [3.63, 3.8) is 0 Å². The standard InChI is InChI=1S/C20H25F3N4O5S/c1-12(28)31-11-17(29)26-6-4-25(5-7-26)16-3-2-13(8-15(16)21)27-10-14(32-20(27)30)9-24-19(33)18(22)23/h2-3,8,14,18-19,24,33H,4-7,9-11H2,1H3/t14-,19?/m1/s1. The Morgan fingerprint density at radius 1 is 1.27 bits per heavy atom. The van der Waals surface area contributed by atoms with Gasteiger partial charge >= 0.3 is 12.1 Å². The molecule has 3 rings (SSSR count). The highest BCUT2D eigenvalue weighted by atomic mass is 32.1. The molecule has 2 aliphatic heterocycles. The average Bonchev–Trinajstić information content (AvgIpc) is 3.16. The zero-order valence-corrected chi connectivity index (χ0v) is 18.8. The van der Waals surface area contributed by atoms with Crippen LogP contribution in [0.15, 0.2) is 18.2 Å². The number of alkyl halides is 2. The number of amides is 2. The lowest BCUT2D eigenvalue weighted by Gasteiger charge is -2.36. The second-order valence-corrected chi connectivity index (χ2v) is 8.14. The van der Waals surface area contributed by atoms with Gasteiger partial charge in [0.15, 0.2) is 6.61 Å². The Balaban J connectivity index is 1.55. The van der Waals surface area contributed by atoms with Gasteiger partial charge in [-0.3, -0.25) is 19.8 Å². The zero-order valence-electron chi connectivity index (χ0n) is 17.9. The molecule has 9 nitrogen and oxygen atoms in total. The summed E-state index contributed by atoms with van der Waals surface area (Å²) in [5, 5.41) is 1.14. The number of cyclic esters (lactones) is 1. The third-order valence-corrected chi connectivity index (χ3v) is 5.69. The molecule has 1 aromatic carbocycles. The van der Waals surface area contributed by atoms with E-state index >= 15 is 0 Å².